The van der Waals surface area contributed by atoms with E-state index in [1.807, 2.05) is 0 Å². The first-order chi connectivity index (χ1) is 13.1. The highest BCUT2D eigenvalue weighted by Gasteiger charge is 2.39. The lowest BCUT2D eigenvalue weighted by atomic mass is 10.1. The van der Waals surface area contributed by atoms with E-state index in [9.17, 15) is 14.4 Å². The van der Waals surface area contributed by atoms with Crippen molar-refractivity contribution in [2.45, 2.75) is 6.54 Å². The first-order valence-corrected chi connectivity index (χ1v) is 8.54. The maximum atomic E-state index is 12.3. The predicted molar refractivity (Wildman–Crippen MR) is 89.6 cm³/mol. The van der Waals surface area contributed by atoms with E-state index in [2.05, 4.69) is 15.2 Å². The number of nitrogens with zero attached hydrogens (tertiary/aromatic N) is 5. The maximum Gasteiger partial charge on any atom is 0.385 e. The predicted octanol–water partition coefficient (Wildman–Crippen LogP) is -0.0217. The van der Waals surface area contributed by atoms with Gasteiger partial charge >= 0.3 is 5.97 Å². The van der Waals surface area contributed by atoms with E-state index in [1.165, 1.54) is 23.0 Å². The van der Waals surface area contributed by atoms with Gasteiger partial charge in [0.25, 0.3) is 11.8 Å². The normalized spacial score (nSPS) is 17.3. The fourth-order valence-electron chi connectivity index (χ4n) is 2.95. The minimum atomic E-state index is -0.915. The van der Waals surface area contributed by atoms with Crippen molar-refractivity contribution in [2.24, 2.45) is 0 Å². The second-order valence-electron chi connectivity index (χ2n) is 6.15. The molecule has 0 unspecified atom stereocenters. The van der Waals surface area contributed by atoms with Crippen LogP contribution in [0.4, 0.5) is 0 Å². The maximum absolute atomic E-state index is 12.3. The van der Waals surface area contributed by atoms with Crippen LogP contribution in [0.25, 0.3) is 0 Å². The fourth-order valence-corrected chi connectivity index (χ4v) is 2.95. The van der Waals surface area contributed by atoms with Gasteiger partial charge in [-0.05, 0) is 12.1 Å². The lowest BCUT2D eigenvalue weighted by molar-refractivity contribution is -0.0588. The SMILES string of the molecule is O=C(ON1C(=O)c2ccccc2C1=O)c1cn(CCN2CCOCC2)nn1. The molecule has 0 radical (unpaired) electrons. The number of fused-ring (bicyclic) bond motifs is 1. The zero-order valence-electron chi connectivity index (χ0n) is 14.4. The molecule has 0 aliphatic carbocycles. The number of carbonyl (C=O) groups excluding carboxylic acids is 3. The van der Waals surface area contributed by atoms with Gasteiger partial charge in [-0.2, -0.15) is 0 Å². The lowest BCUT2D eigenvalue weighted by Crippen LogP contribution is -2.38. The Labute approximate surface area is 154 Å². The molecule has 2 amide bonds. The number of rotatable bonds is 5. The smallest absolute Gasteiger partial charge is 0.379 e. The Balaban J connectivity index is 1.37. The summed E-state index contributed by atoms with van der Waals surface area (Å²) in [4.78, 5) is 43.9. The number of imide groups is 1. The third-order valence-corrected chi connectivity index (χ3v) is 4.43. The van der Waals surface area contributed by atoms with Crippen molar-refractivity contribution in [3.8, 4) is 0 Å². The quantitative estimate of drug-likeness (QED) is 0.675. The highest BCUT2D eigenvalue weighted by atomic mass is 16.7. The summed E-state index contributed by atoms with van der Waals surface area (Å²) in [6.07, 6.45) is 1.43. The van der Waals surface area contributed by atoms with Gasteiger partial charge in [0.1, 0.15) is 0 Å². The number of amides is 2. The molecule has 2 aliphatic heterocycles. The van der Waals surface area contributed by atoms with Gasteiger partial charge in [-0.1, -0.05) is 22.4 Å². The van der Waals surface area contributed by atoms with Crippen LogP contribution in [0.15, 0.2) is 30.5 Å². The number of hydrogen-bond acceptors (Lipinski definition) is 8. The van der Waals surface area contributed by atoms with Gasteiger partial charge in [0.2, 0.25) is 0 Å². The van der Waals surface area contributed by atoms with Crippen molar-refractivity contribution < 1.29 is 24.0 Å². The molecule has 2 aromatic rings. The van der Waals surface area contributed by atoms with Crippen LogP contribution in [-0.2, 0) is 16.1 Å². The fraction of sp³-hybridized carbons (Fsp3) is 0.353. The number of hydrogen-bond donors (Lipinski definition) is 0. The van der Waals surface area contributed by atoms with Crippen molar-refractivity contribution in [2.75, 3.05) is 32.8 Å². The molecule has 0 spiro atoms. The zero-order chi connectivity index (χ0) is 18.8. The van der Waals surface area contributed by atoms with Crippen LogP contribution in [0.2, 0.25) is 0 Å². The lowest BCUT2D eigenvalue weighted by Gasteiger charge is -2.26. The van der Waals surface area contributed by atoms with E-state index in [4.69, 9.17) is 9.57 Å². The minimum Gasteiger partial charge on any atom is -0.379 e. The highest BCUT2D eigenvalue weighted by molar-refractivity contribution is 6.21. The van der Waals surface area contributed by atoms with Gasteiger partial charge < -0.3 is 9.57 Å². The largest absolute Gasteiger partial charge is 0.385 e. The first kappa shape index (κ1) is 17.3. The van der Waals surface area contributed by atoms with Crippen LogP contribution in [0.1, 0.15) is 31.2 Å². The van der Waals surface area contributed by atoms with Gasteiger partial charge in [-0.3, -0.25) is 19.2 Å². The zero-order valence-corrected chi connectivity index (χ0v) is 14.4. The molecule has 0 saturated carbocycles. The van der Waals surface area contributed by atoms with Crippen LogP contribution in [0, 0.1) is 0 Å². The molecule has 10 nitrogen and oxygen atoms in total. The molecule has 0 bridgehead atoms. The van der Waals surface area contributed by atoms with E-state index in [-0.39, 0.29) is 16.8 Å². The Morgan fingerprint density at radius 3 is 2.41 bits per heavy atom. The third kappa shape index (κ3) is 3.44. The Morgan fingerprint density at radius 2 is 1.74 bits per heavy atom. The van der Waals surface area contributed by atoms with E-state index in [0.29, 0.717) is 24.8 Å². The summed E-state index contributed by atoms with van der Waals surface area (Å²) < 4.78 is 6.82. The Kier molecular flexibility index (Phi) is 4.65. The average Bonchev–Trinajstić information content (AvgIpc) is 3.27. The topological polar surface area (TPSA) is 107 Å². The Hall–Kier alpha value is -3.11. The van der Waals surface area contributed by atoms with Gasteiger partial charge in [-0.25, -0.2) is 4.79 Å². The molecule has 0 atom stereocenters. The first-order valence-electron chi connectivity index (χ1n) is 8.54. The van der Waals surface area contributed by atoms with Crippen LogP contribution in [0.3, 0.4) is 0 Å². The molecule has 27 heavy (non-hydrogen) atoms. The van der Waals surface area contributed by atoms with Gasteiger partial charge in [0, 0.05) is 19.6 Å². The van der Waals surface area contributed by atoms with Crippen molar-refractivity contribution in [1.82, 2.24) is 25.0 Å². The van der Waals surface area contributed by atoms with Gasteiger partial charge in [0.15, 0.2) is 5.69 Å². The molecule has 4 rings (SSSR count). The number of carbonyl (C=O) groups is 3. The number of ether oxygens (including phenoxy) is 1. The van der Waals surface area contributed by atoms with E-state index in [0.717, 1.165) is 19.6 Å². The van der Waals surface area contributed by atoms with Crippen molar-refractivity contribution in [3.05, 3.63) is 47.3 Å². The number of benzene rings is 1. The summed E-state index contributed by atoms with van der Waals surface area (Å²) in [5.41, 5.74) is 0.322. The molecule has 3 heterocycles. The minimum absolute atomic E-state index is 0.0754. The summed E-state index contributed by atoms with van der Waals surface area (Å²) >= 11 is 0. The van der Waals surface area contributed by atoms with Crippen LogP contribution < -0.4 is 0 Å². The molecule has 1 aromatic carbocycles. The van der Waals surface area contributed by atoms with E-state index < -0.39 is 17.8 Å². The summed E-state index contributed by atoms with van der Waals surface area (Å²) in [5.74, 6) is -2.27. The molecule has 10 heteroatoms. The van der Waals surface area contributed by atoms with Crippen LogP contribution in [-0.4, -0.2) is 75.6 Å². The second-order valence-corrected chi connectivity index (χ2v) is 6.15. The molecular formula is C17H17N5O5. The number of hydroxylamine groups is 2. The molecule has 2 aliphatic rings. The van der Waals surface area contributed by atoms with E-state index in [1.54, 1.807) is 12.1 Å². The molecule has 140 valence electrons. The van der Waals surface area contributed by atoms with Crippen molar-refractivity contribution in [1.29, 1.82) is 0 Å². The molecular weight excluding hydrogens is 354 g/mol. The number of aromatic nitrogens is 3. The second kappa shape index (κ2) is 7.25. The molecule has 0 N–H and O–H groups in total. The molecule has 1 saturated heterocycles. The third-order valence-electron chi connectivity index (χ3n) is 4.43. The number of morpholine rings is 1. The summed E-state index contributed by atoms with van der Waals surface area (Å²) in [6.45, 7) is 4.41. The molecule has 1 aromatic heterocycles. The average molecular weight is 371 g/mol. The summed E-state index contributed by atoms with van der Waals surface area (Å²) in [5, 5.41) is 8.12. The van der Waals surface area contributed by atoms with E-state index >= 15 is 0 Å². The van der Waals surface area contributed by atoms with Gasteiger partial charge in [-0.15, -0.1) is 5.10 Å². The summed E-state index contributed by atoms with van der Waals surface area (Å²) in [6, 6.07) is 6.28. The van der Waals surface area contributed by atoms with Crippen LogP contribution in [0.5, 0.6) is 0 Å². The van der Waals surface area contributed by atoms with Gasteiger partial charge in [0.05, 0.1) is 37.1 Å². The Bertz CT molecular complexity index is 854. The standard InChI is InChI=1S/C17H17N5O5/c23-15-12-3-1-2-4-13(12)16(24)22(15)27-17(25)14-11-21(19-18-14)6-5-20-7-9-26-10-8-20/h1-4,11H,5-10H2. The Morgan fingerprint density at radius 1 is 1.07 bits per heavy atom. The van der Waals surface area contributed by atoms with Crippen molar-refractivity contribution >= 4 is 17.8 Å². The summed E-state index contributed by atoms with van der Waals surface area (Å²) in [7, 11) is 0. The van der Waals surface area contributed by atoms with Crippen molar-refractivity contribution in [3.63, 3.8) is 0 Å². The molecule has 1 fully saturated rings. The highest BCUT2D eigenvalue weighted by Crippen LogP contribution is 2.23. The monoisotopic (exact) mass is 371 g/mol. The van der Waals surface area contributed by atoms with Crippen LogP contribution >= 0.6 is 0 Å².